The van der Waals surface area contributed by atoms with Crippen LogP contribution in [0.4, 0.5) is 22.0 Å². The highest BCUT2D eigenvalue weighted by molar-refractivity contribution is 5.64. The van der Waals surface area contributed by atoms with Crippen LogP contribution in [0.25, 0.3) is 11.1 Å². The van der Waals surface area contributed by atoms with E-state index in [1.165, 1.54) is 48.5 Å². The molecule has 3 aromatic carbocycles. The third kappa shape index (κ3) is 5.89. The monoisotopic (exact) mass is 490 g/mol. The van der Waals surface area contributed by atoms with Crippen molar-refractivity contribution in [2.24, 2.45) is 5.92 Å². The fraction of sp³-hybridized carbons (Fsp3) is 0.259. The molecule has 0 amide bonds. The normalized spacial score (nSPS) is 18.3. The molecule has 4 rings (SSSR count). The number of rotatable bonds is 8. The second-order valence-electron chi connectivity index (χ2n) is 8.25. The minimum Gasteiger partial charge on any atom is -0.429 e. The Labute approximate surface area is 199 Å². The van der Waals surface area contributed by atoms with Gasteiger partial charge in [-0.3, -0.25) is 0 Å². The molecule has 3 nitrogen and oxygen atoms in total. The highest BCUT2D eigenvalue weighted by Gasteiger charge is 2.35. The topological polar surface area (TPSA) is 27.7 Å². The minimum atomic E-state index is -3.64. The van der Waals surface area contributed by atoms with Crippen LogP contribution in [0.5, 0.6) is 5.75 Å². The van der Waals surface area contributed by atoms with Crippen molar-refractivity contribution in [2.75, 3.05) is 13.2 Å². The fourth-order valence-corrected chi connectivity index (χ4v) is 3.73. The molecule has 0 saturated carbocycles. The number of allylic oxidation sites excluding steroid dienone is 1. The summed E-state index contributed by atoms with van der Waals surface area (Å²) in [5, 5.41) is 0. The van der Waals surface area contributed by atoms with Gasteiger partial charge in [0.1, 0.15) is 5.75 Å². The van der Waals surface area contributed by atoms with Crippen molar-refractivity contribution in [3.8, 4) is 16.9 Å². The molecule has 1 aliphatic rings. The maximum absolute atomic E-state index is 14.7. The van der Waals surface area contributed by atoms with Gasteiger partial charge in [0.25, 0.3) is 0 Å². The van der Waals surface area contributed by atoms with Gasteiger partial charge in [0.2, 0.25) is 0 Å². The van der Waals surface area contributed by atoms with E-state index in [4.69, 9.17) is 14.2 Å². The Morgan fingerprint density at radius 3 is 2.06 bits per heavy atom. The van der Waals surface area contributed by atoms with Gasteiger partial charge < -0.3 is 14.2 Å². The van der Waals surface area contributed by atoms with E-state index in [1.807, 2.05) is 6.08 Å². The van der Waals surface area contributed by atoms with Crippen molar-refractivity contribution < 1.29 is 36.2 Å². The SMILES string of the molecule is C=CCCC1COC(c2ccc(C(F)(F)Oc3ccc(-c4cc(F)c(F)c(F)c4)cc3)cc2)OC1. The van der Waals surface area contributed by atoms with Crippen molar-refractivity contribution >= 4 is 0 Å². The van der Waals surface area contributed by atoms with Crippen LogP contribution in [0, 0.1) is 23.4 Å². The molecule has 0 N–H and O–H groups in total. The minimum absolute atomic E-state index is 0.0643. The molecular weight excluding hydrogens is 467 g/mol. The lowest BCUT2D eigenvalue weighted by molar-refractivity contribution is -0.206. The Balaban J connectivity index is 1.40. The Morgan fingerprint density at radius 2 is 1.49 bits per heavy atom. The summed E-state index contributed by atoms with van der Waals surface area (Å²) < 4.78 is 85.8. The lowest BCUT2D eigenvalue weighted by atomic mass is 10.0. The van der Waals surface area contributed by atoms with Crippen LogP contribution in [0.1, 0.15) is 30.3 Å². The molecule has 0 aromatic heterocycles. The van der Waals surface area contributed by atoms with Gasteiger partial charge >= 0.3 is 6.11 Å². The van der Waals surface area contributed by atoms with Crippen LogP contribution in [0.2, 0.25) is 0 Å². The van der Waals surface area contributed by atoms with E-state index in [0.29, 0.717) is 24.3 Å². The fourth-order valence-electron chi connectivity index (χ4n) is 3.73. The van der Waals surface area contributed by atoms with Crippen molar-refractivity contribution in [1.82, 2.24) is 0 Å². The summed E-state index contributed by atoms with van der Waals surface area (Å²) in [6.07, 6.45) is -0.630. The molecule has 0 bridgehead atoms. The van der Waals surface area contributed by atoms with Crippen molar-refractivity contribution in [3.63, 3.8) is 0 Å². The predicted octanol–water partition coefficient (Wildman–Crippen LogP) is 7.53. The summed E-state index contributed by atoms with van der Waals surface area (Å²) in [5.74, 6) is -4.14. The lowest BCUT2D eigenvalue weighted by Crippen LogP contribution is -2.27. The average Bonchev–Trinajstić information content (AvgIpc) is 2.86. The molecule has 0 spiro atoms. The molecule has 0 radical (unpaired) electrons. The number of ether oxygens (including phenoxy) is 3. The van der Waals surface area contributed by atoms with Crippen LogP contribution < -0.4 is 4.74 Å². The molecule has 1 heterocycles. The molecular formula is C27H23F5O3. The molecule has 184 valence electrons. The molecule has 0 aliphatic carbocycles. The zero-order valence-electron chi connectivity index (χ0n) is 18.7. The van der Waals surface area contributed by atoms with Gasteiger partial charge in [-0.1, -0.05) is 30.3 Å². The standard InChI is InChI=1S/C27H23F5O3/c1-2-3-4-17-15-33-26(34-16-17)19-5-9-21(10-6-19)27(31,32)35-22-11-7-18(8-12-22)20-13-23(28)25(30)24(29)14-20/h2,5-14,17,26H,1,3-4,15-16H2. The molecule has 0 atom stereocenters. The average molecular weight is 490 g/mol. The van der Waals surface area contributed by atoms with Gasteiger partial charge in [-0.2, -0.15) is 8.78 Å². The number of alkyl halides is 2. The first kappa shape index (κ1) is 24.9. The van der Waals surface area contributed by atoms with Gasteiger partial charge in [0, 0.05) is 11.5 Å². The van der Waals surface area contributed by atoms with Crippen molar-refractivity contribution in [1.29, 1.82) is 0 Å². The first-order valence-corrected chi connectivity index (χ1v) is 11.0. The Kier molecular flexibility index (Phi) is 7.52. The number of halogens is 5. The highest BCUT2D eigenvalue weighted by atomic mass is 19.3. The summed E-state index contributed by atoms with van der Waals surface area (Å²) >= 11 is 0. The predicted molar refractivity (Wildman–Crippen MR) is 120 cm³/mol. The highest BCUT2D eigenvalue weighted by Crippen LogP contribution is 2.34. The zero-order chi connectivity index (χ0) is 25.0. The van der Waals surface area contributed by atoms with E-state index in [0.717, 1.165) is 25.0 Å². The third-order valence-corrected chi connectivity index (χ3v) is 5.68. The summed E-state index contributed by atoms with van der Waals surface area (Å²) in [7, 11) is 0. The van der Waals surface area contributed by atoms with Crippen molar-refractivity contribution in [2.45, 2.75) is 25.2 Å². The number of hydrogen-bond acceptors (Lipinski definition) is 3. The van der Waals surface area contributed by atoms with E-state index >= 15 is 0 Å². The van der Waals surface area contributed by atoms with Crippen LogP contribution in [0.15, 0.2) is 73.3 Å². The lowest BCUT2D eigenvalue weighted by Gasteiger charge is -2.29. The summed E-state index contributed by atoms with van der Waals surface area (Å²) in [6.45, 7) is 4.74. The third-order valence-electron chi connectivity index (χ3n) is 5.68. The second-order valence-corrected chi connectivity index (χ2v) is 8.25. The summed E-state index contributed by atoms with van der Waals surface area (Å²) in [4.78, 5) is 0. The smallest absolute Gasteiger partial charge is 0.426 e. The molecule has 1 fully saturated rings. The molecule has 8 heteroatoms. The molecule has 3 aromatic rings. The molecule has 1 aliphatic heterocycles. The maximum atomic E-state index is 14.7. The van der Waals surface area contributed by atoms with Crippen molar-refractivity contribution in [3.05, 3.63) is 102 Å². The Morgan fingerprint density at radius 1 is 0.886 bits per heavy atom. The van der Waals surface area contributed by atoms with E-state index in [-0.39, 0.29) is 22.8 Å². The summed E-state index contributed by atoms with van der Waals surface area (Å²) in [6, 6.07) is 12.3. The molecule has 1 saturated heterocycles. The Bertz CT molecular complexity index is 1130. The van der Waals surface area contributed by atoms with Gasteiger partial charge in [0.05, 0.1) is 18.8 Å². The zero-order valence-corrected chi connectivity index (χ0v) is 18.7. The molecule has 35 heavy (non-hydrogen) atoms. The van der Waals surface area contributed by atoms with E-state index in [2.05, 4.69) is 6.58 Å². The van der Waals surface area contributed by atoms with E-state index < -0.39 is 29.9 Å². The quantitative estimate of drug-likeness (QED) is 0.186. The Hall–Kier alpha value is -3.23. The molecule has 0 unspecified atom stereocenters. The maximum Gasteiger partial charge on any atom is 0.426 e. The van der Waals surface area contributed by atoms with Crippen LogP contribution >= 0.6 is 0 Å². The first-order valence-electron chi connectivity index (χ1n) is 11.0. The number of benzene rings is 3. The second kappa shape index (κ2) is 10.6. The van der Waals surface area contributed by atoms with Gasteiger partial charge in [-0.25, -0.2) is 13.2 Å². The van der Waals surface area contributed by atoms with Gasteiger partial charge in [-0.05, 0) is 60.4 Å². The van der Waals surface area contributed by atoms with Crippen LogP contribution in [0.3, 0.4) is 0 Å². The summed E-state index contributed by atoms with van der Waals surface area (Å²) in [5.41, 5.74) is 0.624. The van der Waals surface area contributed by atoms with E-state index in [9.17, 15) is 22.0 Å². The van der Waals surface area contributed by atoms with Gasteiger partial charge in [-0.15, -0.1) is 6.58 Å². The van der Waals surface area contributed by atoms with E-state index in [1.54, 1.807) is 0 Å². The largest absolute Gasteiger partial charge is 0.429 e. The number of hydrogen-bond donors (Lipinski definition) is 0. The first-order chi connectivity index (χ1) is 16.8. The van der Waals surface area contributed by atoms with Crippen LogP contribution in [-0.2, 0) is 15.6 Å². The van der Waals surface area contributed by atoms with Crippen LogP contribution in [-0.4, -0.2) is 13.2 Å². The van der Waals surface area contributed by atoms with Gasteiger partial charge in [0.15, 0.2) is 23.7 Å².